The Bertz CT molecular complexity index is 963. The van der Waals surface area contributed by atoms with Crippen LogP contribution in [0.1, 0.15) is 10.5 Å². The minimum absolute atomic E-state index is 0.0946. The third-order valence-corrected chi connectivity index (χ3v) is 3.80. The summed E-state index contributed by atoms with van der Waals surface area (Å²) in [6.45, 7) is 0. The molecule has 0 saturated heterocycles. The van der Waals surface area contributed by atoms with Gasteiger partial charge in [0, 0.05) is 18.0 Å². The fraction of sp³-hybridized carbons (Fsp3) is 0.100. The van der Waals surface area contributed by atoms with Crippen molar-refractivity contribution in [3.8, 4) is 11.5 Å². The van der Waals surface area contributed by atoms with Gasteiger partial charge in [0.25, 0.3) is 5.91 Å². The molecule has 0 spiro atoms. The van der Waals surface area contributed by atoms with Crippen molar-refractivity contribution >= 4 is 23.0 Å². The first-order valence-corrected chi connectivity index (χ1v) is 8.11. The van der Waals surface area contributed by atoms with Crippen LogP contribution in [-0.4, -0.2) is 25.1 Å². The Balaban J connectivity index is 1.82. The van der Waals surface area contributed by atoms with Gasteiger partial charge >= 0.3 is 0 Å². The SMILES string of the molecule is COc1ccc(OC)c(Nc2ccnc(C(=O)Nc3ccccc3F)c2)c1. The molecule has 0 aliphatic carbocycles. The molecule has 2 N–H and O–H groups in total. The lowest BCUT2D eigenvalue weighted by Gasteiger charge is -2.13. The Morgan fingerprint density at radius 2 is 1.81 bits per heavy atom. The second kappa shape index (κ2) is 8.18. The minimum atomic E-state index is -0.513. The number of amides is 1. The number of pyridine rings is 1. The van der Waals surface area contributed by atoms with Gasteiger partial charge in [-0.3, -0.25) is 9.78 Å². The number of carbonyl (C=O) groups excluding carboxylic acids is 1. The minimum Gasteiger partial charge on any atom is -0.497 e. The molecule has 1 heterocycles. The third-order valence-electron chi connectivity index (χ3n) is 3.80. The first-order chi connectivity index (χ1) is 13.1. The van der Waals surface area contributed by atoms with Crippen LogP contribution in [0.2, 0.25) is 0 Å². The van der Waals surface area contributed by atoms with E-state index in [9.17, 15) is 9.18 Å². The molecule has 6 nitrogen and oxygen atoms in total. The summed E-state index contributed by atoms with van der Waals surface area (Å²) < 4.78 is 24.3. The van der Waals surface area contributed by atoms with Crippen LogP contribution in [0, 0.1) is 5.82 Å². The maximum absolute atomic E-state index is 13.7. The Morgan fingerprint density at radius 3 is 2.56 bits per heavy atom. The predicted octanol–water partition coefficient (Wildman–Crippen LogP) is 4.23. The van der Waals surface area contributed by atoms with Crippen molar-refractivity contribution in [2.45, 2.75) is 0 Å². The van der Waals surface area contributed by atoms with Gasteiger partial charge in [-0.2, -0.15) is 0 Å². The molecule has 0 bridgehead atoms. The van der Waals surface area contributed by atoms with E-state index in [-0.39, 0.29) is 11.4 Å². The van der Waals surface area contributed by atoms with E-state index in [1.807, 2.05) is 0 Å². The highest BCUT2D eigenvalue weighted by Crippen LogP contribution is 2.31. The van der Waals surface area contributed by atoms with Crippen molar-refractivity contribution in [1.82, 2.24) is 4.98 Å². The van der Waals surface area contributed by atoms with Gasteiger partial charge in [0.15, 0.2) is 0 Å². The number of methoxy groups -OCH3 is 2. The van der Waals surface area contributed by atoms with Crippen LogP contribution in [-0.2, 0) is 0 Å². The Kier molecular flexibility index (Phi) is 5.51. The van der Waals surface area contributed by atoms with Gasteiger partial charge in [-0.05, 0) is 36.4 Å². The number of nitrogens with one attached hydrogen (secondary N) is 2. The summed E-state index contributed by atoms with van der Waals surface area (Å²) >= 11 is 0. The molecular weight excluding hydrogens is 349 g/mol. The molecule has 2 aromatic carbocycles. The first-order valence-electron chi connectivity index (χ1n) is 8.11. The van der Waals surface area contributed by atoms with Crippen molar-refractivity contribution in [3.05, 3.63) is 72.3 Å². The number of nitrogens with zero attached hydrogens (tertiary/aromatic N) is 1. The van der Waals surface area contributed by atoms with E-state index in [2.05, 4.69) is 15.6 Å². The van der Waals surface area contributed by atoms with E-state index in [4.69, 9.17) is 9.47 Å². The second-order valence-corrected chi connectivity index (χ2v) is 5.55. The van der Waals surface area contributed by atoms with Gasteiger partial charge in [-0.1, -0.05) is 12.1 Å². The van der Waals surface area contributed by atoms with Gasteiger partial charge in [0.05, 0.1) is 25.6 Å². The molecule has 0 aliphatic rings. The van der Waals surface area contributed by atoms with Crippen LogP contribution in [0.15, 0.2) is 60.8 Å². The lowest BCUT2D eigenvalue weighted by molar-refractivity contribution is 0.102. The van der Waals surface area contributed by atoms with E-state index >= 15 is 0 Å². The number of para-hydroxylation sites is 1. The quantitative estimate of drug-likeness (QED) is 0.682. The number of aromatic nitrogens is 1. The first kappa shape index (κ1) is 18.2. The number of hydrogen-bond donors (Lipinski definition) is 2. The van der Waals surface area contributed by atoms with Crippen LogP contribution >= 0.6 is 0 Å². The van der Waals surface area contributed by atoms with Crippen molar-refractivity contribution in [2.24, 2.45) is 0 Å². The fourth-order valence-electron chi connectivity index (χ4n) is 2.45. The van der Waals surface area contributed by atoms with Gasteiger partial charge in [-0.25, -0.2) is 4.39 Å². The predicted molar refractivity (Wildman–Crippen MR) is 101 cm³/mol. The molecular formula is C20H18FN3O3. The summed E-state index contributed by atoms with van der Waals surface area (Å²) in [5.74, 6) is 0.248. The van der Waals surface area contributed by atoms with Crippen LogP contribution in [0.25, 0.3) is 0 Å². The average Bonchev–Trinajstić information content (AvgIpc) is 2.70. The van der Waals surface area contributed by atoms with E-state index in [1.165, 1.54) is 18.3 Å². The van der Waals surface area contributed by atoms with E-state index in [1.54, 1.807) is 56.7 Å². The maximum Gasteiger partial charge on any atom is 0.274 e. The van der Waals surface area contributed by atoms with Gasteiger partial charge < -0.3 is 20.1 Å². The molecule has 1 amide bonds. The van der Waals surface area contributed by atoms with Crippen molar-refractivity contribution in [1.29, 1.82) is 0 Å². The number of benzene rings is 2. The average molecular weight is 367 g/mol. The molecule has 0 aliphatic heterocycles. The van der Waals surface area contributed by atoms with Gasteiger partial charge in [0.2, 0.25) is 0 Å². The topological polar surface area (TPSA) is 72.5 Å². The molecule has 1 aromatic heterocycles. The molecule has 7 heteroatoms. The number of ether oxygens (including phenoxy) is 2. The summed E-state index contributed by atoms with van der Waals surface area (Å²) in [7, 11) is 3.13. The van der Waals surface area contributed by atoms with Crippen LogP contribution in [0.5, 0.6) is 11.5 Å². The number of carbonyl (C=O) groups is 1. The van der Waals surface area contributed by atoms with Crippen LogP contribution in [0.3, 0.4) is 0 Å². The molecule has 27 heavy (non-hydrogen) atoms. The highest BCUT2D eigenvalue weighted by molar-refractivity contribution is 6.03. The normalized spacial score (nSPS) is 10.2. The Labute approximate surface area is 156 Å². The standard InChI is InChI=1S/C20H18FN3O3/c1-26-14-7-8-19(27-2)17(12-14)23-13-9-10-22-18(11-13)20(25)24-16-6-4-3-5-15(16)21/h3-12H,1-2H3,(H,22,23)(H,24,25). The molecule has 0 atom stereocenters. The zero-order valence-corrected chi connectivity index (χ0v) is 14.8. The molecule has 3 aromatic rings. The fourth-order valence-corrected chi connectivity index (χ4v) is 2.45. The summed E-state index contributed by atoms with van der Waals surface area (Å²) in [6, 6.07) is 14.5. The molecule has 0 unspecified atom stereocenters. The highest BCUT2D eigenvalue weighted by Gasteiger charge is 2.12. The summed E-state index contributed by atoms with van der Waals surface area (Å²) in [5.41, 5.74) is 1.53. The number of halogens is 1. The van der Waals surface area contributed by atoms with Gasteiger partial charge in [0.1, 0.15) is 23.0 Å². The lowest BCUT2D eigenvalue weighted by Crippen LogP contribution is -2.14. The Morgan fingerprint density at radius 1 is 1.00 bits per heavy atom. The number of rotatable bonds is 6. The summed E-state index contributed by atoms with van der Waals surface area (Å²) in [6.07, 6.45) is 1.49. The van der Waals surface area contributed by atoms with Crippen LogP contribution < -0.4 is 20.1 Å². The van der Waals surface area contributed by atoms with E-state index in [0.717, 1.165) is 0 Å². The number of anilines is 3. The lowest BCUT2D eigenvalue weighted by atomic mass is 10.2. The van der Waals surface area contributed by atoms with E-state index < -0.39 is 11.7 Å². The molecule has 138 valence electrons. The van der Waals surface area contributed by atoms with Crippen molar-refractivity contribution in [2.75, 3.05) is 24.9 Å². The van der Waals surface area contributed by atoms with Crippen LogP contribution in [0.4, 0.5) is 21.5 Å². The molecule has 3 rings (SSSR count). The zero-order chi connectivity index (χ0) is 19.2. The summed E-state index contributed by atoms with van der Waals surface area (Å²) in [5, 5.41) is 5.68. The second-order valence-electron chi connectivity index (χ2n) is 5.55. The van der Waals surface area contributed by atoms with Crippen molar-refractivity contribution < 1.29 is 18.7 Å². The molecule has 0 saturated carbocycles. The molecule has 0 fully saturated rings. The molecule has 0 radical (unpaired) electrons. The van der Waals surface area contributed by atoms with Gasteiger partial charge in [-0.15, -0.1) is 0 Å². The largest absolute Gasteiger partial charge is 0.497 e. The highest BCUT2D eigenvalue weighted by atomic mass is 19.1. The monoisotopic (exact) mass is 367 g/mol. The smallest absolute Gasteiger partial charge is 0.274 e. The maximum atomic E-state index is 13.7. The van der Waals surface area contributed by atoms with Crippen molar-refractivity contribution in [3.63, 3.8) is 0 Å². The van der Waals surface area contributed by atoms with E-state index in [0.29, 0.717) is 22.9 Å². The number of hydrogen-bond acceptors (Lipinski definition) is 5. The Hall–Kier alpha value is -3.61. The third kappa shape index (κ3) is 4.33. The summed E-state index contributed by atoms with van der Waals surface area (Å²) in [4.78, 5) is 16.4. The zero-order valence-electron chi connectivity index (χ0n) is 14.8.